The summed E-state index contributed by atoms with van der Waals surface area (Å²) in [4.78, 5) is 29.9. The van der Waals surface area contributed by atoms with Crippen molar-refractivity contribution in [1.82, 2.24) is 4.98 Å². The number of hydrogen-bond donors (Lipinski definition) is 2. The quantitative estimate of drug-likeness (QED) is 0.677. The number of nitrogens with one attached hydrogen (secondary N) is 2. The van der Waals surface area contributed by atoms with Gasteiger partial charge in [-0.3, -0.25) is 14.9 Å². The van der Waals surface area contributed by atoms with Crippen LogP contribution in [-0.2, 0) is 4.79 Å². The van der Waals surface area contributed by atoms with E-state index in [1.807, 2.05) is 25.1 Å². The van der Waals surface area contributed by atoms with Crippen LogP contribution in [0.2, 0.25) is 0 Å². The molecule has 1 aromatic heterocycles. The molecule has 7 nitrogen and oxygen atoms in total. The molecular weight excluding hydrogens is 390 g/mol. The topological polar surface area (TPSA) is 89.5 Å². The predicted molar refractivity (Wildman–Crippen MR) is 112 cm³/mol. The van der Waals surface area contributed by atoms with Gasteiger partial charge in [-0.1, -0.05) is 6.07 Å². The number of aromatic nitrogens is 1. The highest BCUT2D eigenvalue weighted by Crippen LogP contribution is 2.37. The van der Waals surface area contributed by atoms with Crippen LogP contribution in [0.1, 0.15) is 22.2 Å². The van der Waals surface area contributed by atoms with Gasteiger partial charge in [-0.2, -0.15) is 0 Å². The van der Waals surface area contributed by atoms with Gasteiger partial charge in [0, 0.05) is 16.0 Å². The summed E-state index contributed by atoms with van der Waals surface area (Å²) in [5.74, 6) is 0.793. The third kappa shape index (κ3) is 3.79. The third-order valence-electron chi connectivity index (χ3n) is 4.53. The summed E-state index contributed by atoms with van der Waals surface area (Å²) in [5, 5.41) is 6.17. The minimum absolute atomic E-state index is 0.184. The standard InChI is InChI=1S/C21H19N3O4S/c1-11-19(25)22-16-10-13(7-8-17(16)28-11)18-12(2)29-21(23-18)24-20(26)14-5-4-6-15(9-14)27-3/h4-11H,1-3H3,(H,22,25)(H,23,24,26). The van der Waals surface area contributed by atoms with Crippen LogP contribution >= 0.6 is 11.3 Å². The SMILES string of the molecule is COc1cccc(C(=O)Nc2nc(-c3ccc4c(c3)NC(=O)C(C)O4)c(C)s2)c1. The maximum Gasteiger partial charge on any atom is 0.265 e. The van der Waals surface area contributed by atoms with Crippen LogP contribution in [-0.4, -0.2) is 30.0 Å². The van der Waals surface area contributed by atoms with Gasteiger partial charge in [-0.05, 0) is 50.2 Å². The Hall–Kier alpha value is -3.39. The zero-order chi connectivity index (χ0) is 20.5. The molecule has 1 aliphatic heterocycles. The van der Waals surface area contributed by atoms with Gasteiger partial charge in [0.05, 0.1) is 18.5 Å². The molecule has 1 atom stereocenters. The van der Waals surface area contributed by atoms with Crippen molar-refractivity contribution in [3.8, 4) is 22.8 Å². The normalized spacial score (nSPS) is 15.1. The molecule has 0 fully saturated rings. The molecule has 0 spiro atoms. The van der Waals surface area contributed by atoms with Gasteiger partial charge in [-0.15, -0.1) is 11.3 Å². The number of thiazole rings is 1. The molecule has 0 aliphatic carbocycles. The van der Waals surface area contributed by atoms with Crippen LogP contribution in [0.15, 0.2) is 42.5 Å². The smallest absolute Gasteiger partial charge is 0.265 e. The number of anilines is 2. The van der Waals surface area contributed by atoms with Crippen LogP contribution in [0, 0.1) is 6.92 Å². The van der Waals surface area contributed by atoms with Gasteiger partial charge in [0.2, 0.25) is 0 Å². The number of amides is 2. The average molecular weight is 409 g/mol. The number of nitrogens with zero attached hydrogens (tertiary/aromatic N) is 1. The first-order chi connectivity index (χ1) is 13.9. The zero-order valence-electron chi connectivity index (χ0n) is 16.1. The van der Waals surface area contributed by atoms with Gasteiger partial charge in [-0.25, -0.2) is 4.98 Å². The summed E-state index contributed by atoms with van der Waals surface area (Å²) < 4.78 is 10.8. The summed E-state index contributed by atoms with van der Waals surface area (Å²) in [6, 6.07) is 12.5. The van der Waals surface area contributed by atoms with E-state index < -0.39 is 6.10 Å². The second-order valence-corrected chi connectivity index (χ2v) is 7.77. The van der Waals surface area contributed by atoms with Crippen molar-refractivity contribution < 1.29 is 19.1 Å². The van der Waals surface area contributed by atoms with E-state index in [4.69, 9.17) is 9.47 Å². The number of rotatable bonds is 4. The Kier molecular flexibility index (Phi) is 4.94. The Labute approximate surface area is 171 Å². The van der Waals surface area contributed by atoms with E-state index in [0.717, 1.165) is 16.1 Å². The molecule has 2 N–H and O–H groups in total. The van der Waals surface area contributed by atoms with Gasteiger partial charge in [0.25, 0.3) is 11.8 Å². The lowest BCUT2D eigenvalue weighted by Gasteiger charge is -2.23. The van der Waals surface area contributed by atoms with E-state index >= 15 is 0 Å². The number of fused-ring (bicyclic) bond motifs is 1. The number of hydrogen-bond acceptors (Lipinski definition) is 6. The van der Waals surface area contributed by atoms with E-state index in [-0.39, 0.29) is 11.8 Å². The molecule has 148 valence electrons. The Bertz CT molecular complexity index is 1110. The van der Waals surface area contributed by atoms with Gasteiger partial charge >= 0.3 is 0 Å². The monoisotopic (exact) mass is 409 g/mol. The minimum atomic E-state index is -0.521. The third-order valence-corrected chi connectivity index (χ3v) is 5.42. The number of methoxy groups -OCH3 is 1. The number of benzene rings is 2. The second-order valence-electron chi connectivity index (χ2n) is 6.57. The maximum atomic E-state index is 12.5. The summed E-state index contributed by atoms with van der Waals surface area (Å²) in [6.07, 6.45) is -0.521. The Morgan fingerprint density at radius 1 is 1.28 bits per heavy atom. The fourth-order valence-electron chi connectivity index (χ4n) is 3.01. The molecule has 2 amide bonds. The fourth-order valence-corrected chi connectivity index (χ4v) is 3.84. The molecule has 0 saturated heterocycles. The predicted octanol–water partition coefficient (Wildman–Crippen LogP) is 4.10. The molecule has 1 unspecified atom stereocenters. The first kappa shape index (κ1) is 18.9. The highest BCUT2D eigenvalue weighted by molar-refractivity contribution is 7.16. The van der Waals surface area contributed by atoms with Crippen molar-refractivity contribution in [3.63, 3.8) is 0 Å². The largest absolute Gasteiger partial charge is 0.497 e. The fraction of sp³-hybridized carbons (Fsp3) is 0.190. The number of carbonyl (C=O) groups excluding carboxylic acids is 2. The van der Waals surface area contributed by atoms with Crippen LogP contribution < -0.4 is 20.1 Å². The second kappa shape index (κ2) is 7.56. The van der Waals surface area contributed by atoms with Crippen molar-refractivity contribution >= 4 is 34.0 Å². The van der Waals surface area contributed by atoms with E-state index in [0.29, 0.717) is 27.9 Å². The molecule has 0 saturated carbocycles. The van der Waals surface area contributed by atoms with Crippen molar-refractivity contribution in [1.29, 1.82) is 0 Å². The number of ether oxygens (including phenoxy) is 2. The number of carbonyl (C=O) groups is 2. The van der Waals surface area contributed by atoms with Crippen molar-refractivity contribution in [2.75, 3.05) is 17.7 Å². The van der Waals surface area contributed by atoms with E-state index in [9.17, 15) is 9.59 Å². The maximum absolute atomic E-state index is 12.5. The molecule has 0 bridgehead atoms. The lowest BCUT2D eigenvalue weighted by molar-refractivity contribution is -0.122. The van der Waals surface area contributed by atoms with Crippen molar-refractivity contribution in [2.24, 2.45) is 0 Å². The first-order valence-electron chi connectivity index (χ1n) is 8.99. The van der Waals surface area contributed by atoms with Crippen LogP contribution in [0.3, 0.4) is 0 Å². The first-order valence-corrected chi connectivity index (χ1v) is 9.81. The molecule has 2 heterocycles. The molecule has 1 aliphatic rings. The molecule has 29 heavy (non-hydrogen) atoms. The highest BCUT2D eigenvalue weighted by Gasteiger charge is 2.24. The van der Waals surface area contributed by atoms with Gasteiger partial charge < -0.3 is 14.8 Å². The zero-order valence-corrected chi connectivity index (χ0v) is 16.9. The highest BCUT2D eigenvalue weighted by atomic mass is 32.1. The van der Waals surface area contributed by atoms with E-state index in [2.05, 4.69) is 15.6 Å². The Morgan fingerprint density at radius 3 is 2.90 bits per heavy atom. The molecular formula is C21H19N3O4S. The lowest BCUT2D eigenvalue weighted by Crippen LogP contribution is -2.34. The molecule has 3 aromatic rings. The van der Waals surface area contributed by atoms with Crippen molar-refractivity contribution in [3.05, 3.63) is 52.9 Å². The molecule has 8 heteroatoms. The molecule has 2 aromatic carbocycles. The summed E-state index contributed by atoms with van der Waals surface area (Å²) >= 11 is 1.39. The van der Waals surface area contributed by atoms with Crippen LogP contribution in [0.25, 0.3) is 11.3 Å². The van der Waals surface area contributed by atoms with Crippen molar-refractivity contribution in [2.45, 2.75) is 20.0 Å². The van der Waals surface area contributed by atoms with Crippen LogP contribution in [0.4, 0.5) is 10.8 Å². The van der Waals surface area contributed by atoms with Gasteiger partial charge in [0.1, 0.15) is 11.5 Å². The Balaban J connectivity index is 1.58. The molecule has 4 rings (SSSR count). The minimum Gasteiger partial charge on any atom is -0.497 e. The van der Waals surface area contributed by atoms with E-state index in [1.165, 1.54) is 11.3 Å². The van der Waals surface area contributed by atoms with E-state index in [1.54, 1.807) is 38.3 Å². The summed E-state index contributed by atoms with van der Waals surface area (Å²) in [6.45, 7) is 3.64. The Morgan fingerprint density at radius 2 is 2.10 bits per heavy atom. The average Bonchev–Trinajstić information content (AvgIpc) is 3.08. The molecule has 0 radical (unpaired) electrons. The summed E-state index contributed by atoms with van der Waals surface area (Å²) in [5.41, 5.74) is 2.67. The summed E-state index contributed by atoms with van der Waals surface area (Å²) in [7, 11) is 1.56. The van der Waals surface area contributed by atoms with Gasteiger partial charge in [0.15, 0.2) is 11.2 Å². The lowest BCUT2D eigenvalue weighted by atomic mass is 10.1. The number of aryl methyl sites for hydroxylation is 1. The van der Waals surface area contributed by atoms with Crippen LogP contribution in [0.5, 0.6) is 11.5 Å².